The summed E-state index contributed by atoms with van der Waals surface area (Å²) in [5, 5.41) is 0. The van der Waals surface area contributed by atoms with Gasteiger partial charge in [0, 0.05) is 17.7 Å². The van der Waals surface area contributed by atoms with Crippen LogP contribution in [0.25, 0.3) is 0 Å². The monoisotopic (exact) mass is 224 g/mol. The molecular formula is C10H16N4O2. The highest BCUT2D eigenvalue weighted by molar-refractivity contribution is 5.45. The fraction of sp³-hybridized carbons (Fsp3) is 0.600. The van der Waals surface area contributed by atoms with E-state index < -0.39 is 0 Å². The normalized spacial score (nSPS) is 16.8. The molecule has 1 saturated heterocycles. The summed E-state index contributed by atoms with van der Waals surface area (Å²) in [6, 6.07) is 0. The number of rotatable bonds is 3. The first kappa shape index (κ1) is 11.1. The van der Waals surface area contributed by atoms with Crippen LogP contribution in [0.3, 0.4) is 0 Å². The summed E-state index contributed by atoms with van der Waals surface area (Å²) >= 11 is 0. The van der Waals surface area contributed by atoms with Crippen LogP contribution in [0.1, 0.15) is 17.7 Å². The Bertz CT molecular complexity index is 354. The molecule has 1 aromatic rings. The van der Waals surface area contributed by atoms with Gasteiger partial charge in [0.25, 0.3) is 0 Å². The van der Waals surface area contributed by atoms with Crippen LogP contribution in [0.15, 0.2) is 0 Å². The molecule has 6 nitrogen and oxygen atoms in total. The van der Waals surface area contributed by atoms with Crippen LogP contribution in [-0.2, 0) is 15.9 Å². The van der Waals surface area contributed by atoms with Gasteiger partial charge in [0.2, 0.25) is 5.95 Å². The average Bonchev–Trinajstić information content (AvgIpc) is 2.68. The molecule has 1 aliphatic rings. The smallest absolute Gasteiger partial charge is 0.222 e. The van der Waals surface area contributed by atoms with Crippen molar-refractivity contribution < 1.29 is 9.47 Å². The van der Waals surface area contributed by atoms with Crippen LogP contribution in [0.5, 0.6) is 0 Å². The minimum absolute atomic E-state index is 0.128. The molecule has 1 fully saturated rings. The third-order valence-corrected chi connectivity index (χ3v) is 2.58. The second-order valence-electron chi connectivity index (χ2n) is 3.74. The van der Waals surface area contributed by atoms with Gasteiger partial charge in [-0.1, -0.05) is 0 Å². The van der Waals surface area contributed by atoms with Gasteiger partial charge < -0.3 is 20.9 Å². The zero-order valence-electron chi connectivity index (χ0n) is 9.27. The summed E-state index contributed by atoms with van der Waals surface area (Å²) in [7, 11) is 0. The zero-order chi connectivity index (χ0) is 11.5. The van der Waals surface area contributed by atoms with Crippen LogP contribution in [0, 0.1) is 6.92 Å². The Balaban J connectivity index is 2.03. The molecular weight excluding hydrogens is 208 g/mol. The van der Waals surface area contributed by atoms with Gasteiger partial charge in [-0.2, -0.15) is 4.98 Å². The predicted molar refractivity (Wildman–Crippen MR) is 59.6 cm³/mol. The molecule has 0 bridgehead atoms. The molecule has 0 saturated carbocycles. The van der Waals surface area contributed by atoms with Crippen molar-refractivity contribution in [1.82, 2.24) is 9.97 Å². The molecule has 4 N–H and O–H groups in total. The van der Waals surface area contributed by atoms with Crippen molar-refractivity contribution in [3.8, 4) is 0 Å². The fourth-order valence-electron chi connectivity index (χ4n) is 1.79. The molecule has 1 aliphatic heterocycles. The van der Waals surface area contributed by atoms with Gasteiger partial charge in [-0.25, -0.2) is 4.98 Å². The van der Waals surface area contributed by atoms with E-state index in [4.69, 9.17) is 20.9 Å². The molecule has 0 aliphatic carbocycles. The molecule has 16 heavy (non-hydrogen) atoms. The number of anilines is 2. The summed E-state index contributed by atoms with van der Waals surface area (Å²) in [5.74, 6) is 0.662. The molecule has 88 valence electrons. The highest BCUT2D eigenvalue weighted by Crippen LogP contribution is 2.19. The number of hydrogen-bond donors (Lipinski definition) is 2. The molecule has 6 heteroatoms. The fourth-order valence-corrected chi connectivity index (χ4v) is 1.79. The van der Waals surface area contributed by atoms with Crippen molar-refractivity contribution in [3.63, 3.8) is 0 Å². The largest absolute Gasteiger partial charge is 0.383 e. The van der Waals surface area contributed by atoms with Gasteiger partial charge >= 0.3 is 0 Å². The van der Waals surface area contributed by atoms with Crippen LogP contribution in [-0.4, -0.2) is 29.5 Å². The highest BCUT2D eigenvalue weighted by atomic mass is 16.7. The third-order valence-electron chi connectivity index (χ3n) is 2.58. The maximum atomic E-state index is 5.79. The second-order valence-corrected chi connectivity index (χ2v) is 3.74. The summed E-state index contributed by atoms with van der Waals surface area (Å²) in [4.78, 5) is 8.03. The van der Waals surface area contributed by atoms with Crippen molar-refractivity contribution in [2.24, 2.45) is 0 Å². The first-order chi connectivity index (χ1) is 7.66. The van der Waals surface area contributed by atoms with Crippen molar-refractivity contribution in [2.45, 2.75) is 26.1 Å². The minimum Gasteiger partial charge on any atom is -0.383 e. The predicted octanol–water partition coefficient (Wildman–Crippen LogP) is 0.255. The lowest BCUT2D eigenvalue weighted by atomic mass is 10.1. The summed E-state index contributed by atoms with van der Waals surface area (Å²) in [6.45, 7) is 3.20. The van der Waals surface area contributed by atoms with E-state index in [0.717, 1.165) is 24.1 Å². The maximum absolute atomic E-state index is 5.79. The zero-order valence-corrected chi connectivity index (χ0v) is 9.27. The summed E-state index contributed by atoms with van der Waals surface area (Å²) in [6.07, 6.45) is 1.37. The molecule has 1 aromatic heterocycles. The lowest BCUT2D eigenvalue weighted by Gasteiger charge is -2.11. The van der Waals surface area contributed by atoms with Gasteiger partial charge in [-0.05, 0) is 13.3 Å². The minimum atomic E-state index is -0.128. The molecule has 0 unspecified atom stereocenters. The van der Waals surface area contributed by atoms with Crippen molar-refractivity contribution in [3.05, 3.63) is 11.3 Å². The van der Waals surface area contributed by atoms with Gasteiger partial charge in [-0.3, -0.25) is 0 Å². The average molecular weight is 224 g/mol. The number of aryl methyl sites for hydroxylation is 1. The molecule has 0 atom stereocenters. The molecule has 2 rings (SSSR count). The van der Waals surface area contributed by atoms with Gasteiger partial charge in [0.05, 0.1) is 13.2 Å². The number of ether oxygens (including phenoxy) is 2. The van der Waals surface area contributed by atoms with E-state index in [-0.39, 0.29) is 12.2 Å². The third kappa shape index (κ3) is 2.40. The highest BCUT2D eigenvalue weighted by Gasteiger charge is 2.17. The number of nitrogens with two attached hydrogens (primary N) is 2. The Hall–Kier alpha value is -1.40. The Morgan fingerprint density at radius 3 is 2.56 bits per heavy atom. The Labute approximate surface area is 94.0 Å². The van der Waals surface area contributed by atoms with E-state index in [1.165, 1.54) is 0 Å². The molecule has 0 spiro atoms. The van der Waals surface area contributed by atoms with E-state index in [1.807, 2.05) is 6.92 Å². The van der Waals surface area contributed by atoms with E-state index in [1.54, 1.807) is 0 Å². The van der Waals surface area contributed by atoms with Crippen molar-refractivity contribution >= 4 is 11.8 Å². The standard InChI is InChI=1S/C10H16N4O2/c1-6-7(9(11)14-10(12)13-6)2-3-8-15-4-5-16-8/h8H,2-5H2,1H3,(H4,11,12,13,14). The quantitative estimate of drug-likeness (QED) is 0.764. The van der Waals surface area contributed by atoms with E-state index in [9.17, 15) is 0 Å². The Morgan fingerprint density at radius 2 is 1.94 bits per heavy atom. The van der Waals surface area contributed by atoms with Crippen molar-refractivity contribution in [2.75, 3.05) is 24.7 Å². The summed E-state index contributed by atoms with van der Waals surface area (Å²) in [5.41, 5.74) is 13.0. The first-order valence-corrected chi connectivity index (χ1v) is 5.28. The van der Waals surface area contributed by atoms with Gasteiger partial charge in [0.1, 0.15) is 5.82 Å². The number of aromatic nitrogens is 2. The SMILES string of the molecule is Cc1nc(N)nc(N)c1CCC1OCCO1. The topological polar surface area (TPSA) is 96.3 Å². The molecule has 0 aromatic carbocycles. The Kier molecular flexibility index (Phi) is 3.21. The number of hydrogen-bond acceptors (Lipinski definition) is 6. The summed E-state index contributed by atoms with van der Waals surface area (Å²) < 4.78 is 10.7. The van der Waals surface area contributed by atoms with E-state index >= 15 is 0 Å². The molecule has 0 amide bonds. The first-order valence-electron chi connectivity index (χ1n) is 5.28. The van der Waals surface area contributed by atoms with Gasteiger partial charge in [-0.15, -0.1) is 0 Å². The second kappa shape index (κ2) is 4.63. The van der Waals surface area contributed by atoms with Crippen LogP contribution < -0.4 is 11.5 Å². The van der Waals surface area contributed by atoms with E-state index in [0.29, 0.717) is 19.0 Å². The molecule has 2 heterocycles. The van der Waals surface area contributed by atoms with Crippen molar-refractivity contribution in [1.29, 1.82) is 0 Å². The Morgan fingerprint density at radius 1 is 1.25 bits per heavy atom. The number of nitrogen functional groups attached to an aromatic ring is 2. The van der Waals surface area contributed by atoms with Gasteiger partial charge in [0.15, 0.2) is 6.29 Å². The van der Waals surface area contributed by atoms with Crippen LogP contribution in [0.2, 0.25) is 0 Å². The lowest BCUT2D eigenvalue weighted by molar-refractivity contribution is -0.0462. The van der Waals surface area contributed by atoms with E-state index in [2.05, 4.69) is 9.97 Å². The van der Waals surface area contributed by atoms with Crippen LogP contribution in [0.4, 0.5) is 11.8 Å². The molecule has 0 radical (unpaired) electrons. The maximum Gasteiger partial charge on any atom is 0.222 e. The lowest BCUT2D eigenvalue weighted by Crippen LogP contribution is -2.12. The number of nitrogens with zero attached hydrogens (tertiary/aromatic N) is 2. The van der Waals surface area contributed by atoms with Crippen LogP contribution >= 0.6 is 0 Å².